The van der Waals surface area contributed by atoms with E-state index in [1.807, 2.05) is 18.7 Å². The molecule has 0 saturated carbocycles. The van der Waals surface area contributed by atoms with E-state index in [0.29, 0.717) is 24.5 Å². The first-order valence-electron chi connectivity index (χ1n) is 8.90. The monoisotopic (exact) mass is 411 g/mol. The lowest BCUT2D eigenvalue weighted by molar-refractivity contribution is -0.146. The minimum absolute atomic E-state index is 0.140. The van der Waals surface area contributed by atoms with E-state index < -0.39 is 12.0 Å². The van der Waals surface area contributed by atoms with Crippen LogP contribution in [0.2, 0.25) is 0 Å². The summed E-state index contributed by atoms with van der Waals surface area (Å²) in [6.07, 6.45) is -4.61. The van der Waals surface area contributed by atoms with Crippen LogP contribution >= 0.6 is 11.3 Å². The van der Waals surface area contributed by atoms with Gasteiger partial charge in [-0.3, -0.25) is 0 Å². The van der Waals surface area contributed by atoms with Crippen LogP contribution in [0, 0.1) is 27.7 Å². The van der Waals surface area contributed by atoms with Crippen molar-refractivity contribution >= 4 is 27.9 Å². The summed E-state index contributed by atoms with van der Waals surface area (Å²) in [5, 5.41) is 12.3. The van der Waals surface area contributed by atoms with E-state index in [1.165, 1.54) is 4.88 Å². The van der Waals surface area contributed by atoms with E-state index >= 15 is 0 Å². The smallest absolute Gasteiger partial charge is 0.351 e. The Labute approximate surface area is 163 Å². The van der Waals surface area contributed by atoms with Crippen LogP contribution in [0.4, 0.5) is 24.1 Å². The number of halogens is 3. The summed E-state index contributed by atoms with van der Waals surface area (Å²) in [4.78, 5) is 10.0. The fraction of sp³-hybridized carbons (Fsp3) is 0.529. The molecule has 7 nitrogen and oxygen atoms in total. The number of nitrogens with zero attached hydrogens (tertiary/aromatic N) is 7. The summed E-state index contributed by atoms with van der Waals surface area (Å²) in [6.45, 7) is 10.4. The summed E-state index contributed by atoms with van der Waals surface area (Å²) in [5.41, 5.74) is 2.65. The molecule has 0 bridgehead atoms. The molecule has 1 fully saturated rings. The van der Waals surface area contributed by atoms with Gasteiger partial charge in [-0.15, -0.1) is 26.6 Å². The highest BCUT2D eigenvalue weighted by Gasteiger charge is 2.38. The van der Waals surface area contributed by atoms with Gasteiger partial charge in [-0.25, -0.2) is 4.98 Å². The topological polar surface area (TPSA) is 62.5 Å². The molecule has 150 valence electrons. The fourth-order valence-electron chi connectivity index (χ4n) is 3.29. The highest BCUT2D eigenvalue weighted by atomic mass is 32.1. The molecular formula is C17H20F3N7S. The molecule has 3 aromatic heterocycles. The van der Waals surface area contributed by atoms with Gasteiger partial charge in [0.25, 0.3) is 5.82 Å². The average Bonchev–Trinajstić information content (AvgIpc) is 3.22. The van der Waals surface area contributed by atoms with Crippen molar-refractivity contribution < 1.29 is 13.2 Å². The van der Waals surface area contributed by atoms with Gasteiger partial charge in [0.05, 0.1) is 5.69 Å². The Balaban J connectivity index is 1.63. The van der Waals surface area contributed by atoms with E-state index in [1.54, 1.807) is 18.3 Å². The molecule has 28 heavy (non-hydrogen) atoms. The summed E-state index contributed by atoms with van der Waals surface area (Å²) >= 11 is 1.67. The van der Waals surface area contributed by atoms with Crippen LogP contribution in [0.1, 0.15) is 27.5 Å². The van der Waals surface area contributed by atoms with Gasteiger partial charge in [0.2, 0.25) is 0 Å². The van der Waals surface area contributed by atoms with Crippen molar-refractivity contribution in [1.82, 2.24) is 24.8 Å². The molecule has 0 radical (unpaired) electrons. The summed E-state index contributed by atoms with van der Waals surface area (Å²) in [6, 6.07) is 0. The predicted octanol–water partition coefficient (Wildman–Crippen LogP) is 3.16. The molecule has 0 aromatic carbocycles. The Morgan fingerprint density at radius 3 is 2.11 bits per heavy atom. The van der Waals surface area contributed by atoms with Crippen molar-refractivity contribution in [1.29, 1.82) is 0 Å². The molecule has 0 atom stereocenters. The SMILES string of the molecule is Cc1nc(N2CCN(c3nn4c(C(F)(F)F)nnc4c(C)c3C)CC2)sc1C. The summed E-state index contributed by atoms with van der Waals surface area (Å²) in [7, 11) is 0. The third kappa shape index (κ3) is 3.07. The molecule has 1 aliphatic heterocycles. The van der Waals surface area contributed by atoms with Gasteiger partial charge >= 0.3 is 6.18 Å². The van der Waals surface area contributed by atoms with Crippen LogP contribution < -0.4 is 9.80 Å². The molecule has 11 heteroatoms. The van der Waals surface area contributed by atoms with Gasteiger partial charge in [0.15, 0.2) is 16.6 Å². The Kier molecular flexibility index (Phi) is 4.44. The molecule has 4 rings (SSSR count). The van der Waals surface area contributed by atoms with Crippen molar-refractivity contribution in [2.75, 3.05) is 36.0 Å². The average molecular weight is 411 g/mol. The molecule has 0 spiro atoms. The lowest BCUT2D eigenvalue weighted by Gasteiger charge is -2.36. The second-order valence-electron chi connectivity index (χ2n) is 6.94. The molecule has 1 aliphatic rings. The number of alkyl halides is 3. The lowest BCUT2D eigenvalue weighted by atomic mass is 10.1. The number of aromatic nitrogens is 5. The van der Waals surface area contributed by atoms with Crippen molar-refractivity contribution in [2.24, 2.45) is 0 Å². The summed E-state index contributed by atoms with van der Waals surface area (Å²) in [5.74, 6) is -0.555. The molecule has 3 aromatic rings. The standard InChI is InChI=1S/C17H20F3N7S/c1-9-10(2)14(24-27-13(9)22-23-15(27)17(18,19)20)25-5-7-26(8-6-25)16-21-11(3)12(4)28-16/h5-8H2,1-4H3. The van der Waals surface area contributed by atoms with Crippen LogP contribution in [0.25, 0.3) is 5.65 Å². The van der Waals surface area contributed by atoms with E-state index in [-0.39, 0.29) is 5.65 Å². The number of rotatable bonds is 2. The Morgan fingerprint density at radius 2 is 1.54 bits per heavy atom. The maximum atomic E-state index is 13.2. The normalized spacial score (nSPS) is 15.7. The maximum absolute atomic E-state index is 13.2. The molecule has 0 unspecified atom stereocenters. The zero-order valence-corrected chi connectivity index (χ0v) is 16.8. The zero-order valence-electron chi connectivity index (χ0n) is 16.0. The largest absolute Gasteiger partial charge is 0.453 e. The third-order valence-corrected chi connectivity index (χ3v) is 6.32. The van der Waals surface area contributed by atoms with Crippen LogP contribution in [-0.2, 0) is 6.18 Å². The van der Waals surface area contributed by atoms with Gasteiger partial charge in [0.1, 0.15) is 0 Å². The van der Waals surface area contributed by atoms with E-state index in [0.717, 1.165) is 34.0 Å². The highest BCUT2D eigenvalue weighted by molar-refractivity contribution is 7.15. The second kappa shape index (κ2) is 6.57. The summed E-state index contributed by atoms with van der Waals surface area (Å²) < 4.78 is 40.5. The molecular weight excluding hydrogens is 391 g/mol. The number of aryl methyl sites for hydroxylation is 3. The van der Waals surface area contributed by atoms with E-state index in [2.05, 4.69) is 32.1 Å². The van der Waals surface area contributed by atoms with Crippen molar-refractivity contribution in [3.63, 3.8) is 0 Å². The zero-order chi connectivity index (χ0) is 20.2. The quantitative estimate of drug-likeness (QED) is 0.646. The van der Waals surface area contributed by atoms with Gasteiger partial charge in [0, 0.05) is 42.2 Å². The number of piperazine rings is 1. The van der Waals surface area contributed by atoms with Crippen molar-refractivity contribution in [2.45, 2.75) is 33.9 Å². The van der Waals surface area contributed by atoms with Gasteiger partial charge in [-0.2, -0.15) is 17.7 Å². The minimum atomic E-state index is -4.61. The first-order valence-corrected chi connectivity index (χ1v) is 9.72. The second-order valence-corrected chi connectivity index (χ2v) is 8.12. The lowest BCUT2D eigenvalue weighted by Crippen LogP contribution is -2.47. The molecule has 4 heterocycles. The number of hydrogen-bond donors (Lipinski definition) is 0. The highest BCUT2D eigenvalue weighted by Crippen LogP contribution is 2.31. The molecule has 0 amide bonds. The van der Waals surface area contributed by atoms with Crippen molar-refractivity contribution in [3.8, 4) is 0 Å². The van der Waals surface area contributed by atoms with Gasteiger partial charge < -0.3 is 9.80 Å². The molecule has 0 N–H and O–H groups in total. The third-order valence-electron chi connectivity index (χ3n) is 5.19. The first-order chi connectivity index (χ1) is 13.2. The fourth-order valence-corrected chi connectivity index (χ4v) is 4.25. The first kappa shape index (κ1) is 18.9. The predicted molar refractivity (Wildman–Crippen MR) is 101 cm³/mol. The Hall–Kier alpha value is -2.43. The van der Waals surface area contributed by atoms with Crippen molar-refractivity contribution in [3.05, 3.63) is 27.5 Å². The maximum Gasteiger partial charge on any atom is 0.453 e. The Morgan fingerprint density at radius 1 is 0.893 bits per heavy atom. The van der Waals surface area contributed by atoms with Gasteiger partial charge in [-0.1, -0.05) is 0 Å². The molecule has 0 aliphatic carbocycles. The van der Waals surface area contributed by atoms with Crippen LogP contribution in [-0.4, -0.2) is 51.0 Å². The molecule has 1 saturated heterocycles. The Bertz CT molecular complexity index is 1010. The number of fused-ring (bicyclic) bond motifs is 1. The van der Waals surface area contributed by atoms with E-state index in [4.69, 9.17) is 0 Å². The van der Waals surface area contributed by atoms with Gasteiger partial charge in [-0.05, 0) is 27.7 Å². The van der Waals surface area contributed by atoms with Crippen LogP contribution in [0.3, 0.4) is 0 Å². The number of anilines is 2. The van der Waals surface area contributed by atoms with E-state index in [9.17, 15) is 13.2 Å². The minimum Gasteiger partial charge on any atom is -0.351 e. The number of hydrogen-bond acceptors (Lipinski definition) is 7. The van der Waals surface area contributed by atoms with Crippen LogP contribution in [0.5, 0.6) is 0 Å². The van der Waals surface area contributed by atoms with Crippen LogP contribution in [0.15, 0.2) is 0 Å². The number of thiazole rings is 1.